The van der Waals surface area contributed by atoms with Crippen LogP contribution in [0.1, 0.15) is 67.9 Å². The third-order valence-corrected chi connectivity index (χ3v) is 15.2. The summed E-state index contributed by atoms with van der Waals surface area (Å²) in [5.74, 6) is 1.70. The maximum absolute atomic E-state index is 14.9. The molecule has 1 aliphatic heterocycles. The second-order valence-electron chi connectivity index (χ2n) is 11.4. The van der Waals surface area contributed by atoms with Gasteiger partial charge in [0.15, 0.2) is 5.59 Å². The first kappa shape index (κ1) is 24.3. The molecule has 3 nitrogen and oxygen atoms in total. The lowest BCUT2D eigenvalue weighted by molar-refractivity contribution is 0.306. The van der Waals surface area contributed by atoms with E-state index in [4.69, 9.17) is 9.47 Å². The number of rotatable bonds is 4. The topological polar surface area (TPSA) is 35.5 Å². The average molecular weight is 461 g/mol. The first-order valence-corrected chi connectivity index (χ1v) is 14.2. The molecule has 0 N–H and O–H groups in total. The Balaban J connectivity index is 2.10. The molecular formula is C26H38O3P2. The van der Waals surface area contributed by atoms with Crippen LogP contribution >= 0.6 is 15.1 Å². The van der Waals surface area contributed by atoms with Crippen molar-refractivity contribution in [2.75, 3.05) is 0 Å². The number of ether oxygens (including phenoxy) is 2. The second-order valence-corrected chi connectivity index (χ2v) is 19.2. The molecule has 0 aromatic heterocycles. The van der Waals surface area contributed by atoms with Crippen LogP contribution in [0.4, 0.5) is 0 Å². The van der Waals surface area contributed by atoms with Gasteiger partial charge in [-0.25, -0.2) is 0 Å². The predicted molar refractivity (Wildman–Crippen MR) is 135 cm³/mol. The Morgan fingerprint density at radius 3 is 1.97 bits per heavy atom. The Bertz CT molecular complexity index is 945. The van der Waals surface area contributed by atoms with Crippen molar-refractivity contribution < 1.29 is 14.0 Å². The minimum absolute atomic E-state index is 0.0797. The zero-order valence-corrected chi connectivity index (χ0v) is 22.3. The van der Waals surface area contributed by atoms with Crippen LogP contribution in [-0.4, -0.2) is 21.1 Å². The monoisotopic (exact) mass is 460 g/mol. The normalized spacial score (nSPS) is 19.6. The van der Waals surface area contributed by atoms with Crippen LogP contribution in [0.2, 0.25) is 0 Å². The molecule has 0 bridgehead atoms. The molecule has 5 heteroatoms. The first-order valence-electron chi connectivity index (χ1n) is 11.0. The Kier molecular flexibility index (Phi) is 6.47. The van der Waals surface area contributed by atoms with Crippen molar-refractivity contribution in [3.8, 4) is 11.5 Å². The van der Waals surface area contributed by atoms with Crippen molar-refractivity contribution in [1.82, 2.24) is 0 Å². The first-order chi connectivity index (χ1) is 14.2. The Morgan fingerprint density at radius 1 is 0.871 bits per heavy atom. The van der Waals surface area contributed by atoms with Crippen molar-refractivity contribution in [2.45, 2.75) is 90.0 Å². The highest BCUT2D eigenvalue weighted by Crippen LogP contribution is 2.80. The van der Waals surface area contributed by atoms with E-state index >= 15 is 0 Å². The third-order valence-electron chi connectivity index (χ3n) is 5.92. The Morgan fingerprint density at radius 2 is 1.45 bits per heavy atom. The highest BCUT2D eigenvalue weighted by Gasteiger charge is 2.60. The van der Waals surface area contributed by atoms with E-state index in [1.807, 2.05) is 36.4 Å². The predicted octanol–water partition coefficient (Wildman–Crippen LogP) is 7.81. The van der Waals surface area contributed by atoms with Gasteiger partial charge in [-0.1, -0.05) is 98.7 Å². The van der Waals surface area contributed by atoms with E-state index in [9.17, 15) is 4.57 Å². The van der Waals surface area contributed by atoms with E-state index in [1.165, 1.54) is 0 Å². The van der Waals surface area contributed by atoms with E-state index in [-0.39, 0.29) is 21.1 Å². The van der Waals surface area contributed by atoms with Crippen LogP contribution in [0.5, 0.6) is 11.5 Å². The highest BCUT2D eigenvalue weighted by atomic mass is 31.2. The van der Waals surface area contributed by atoms with Crippen LogP contribution in [0.15, 0.2) is 48.5 Å². The molecule has 0 fully saturated rings. The van der Waals surface area contributed by atoms with Gasteiger partial charge in [-0.15, -0.1) is 0 Å². The Hall–Kier alpha value is -1.30. The summed E-state index contributed by atoms with van der Waals surface area (Å²) in [6.45, 7) is 19.9. The van der Waals surface area contributed by atoms with Gasteiger partial charge in [-0.2, -0.15) is 0 Å². The van der Waals surface area contributed by atoms with Crippen LogP contribution in [0.3, 0.4) is 0 Å². The lowest BCUT2D eigenvalue weighted by Crippen LogP contribution is -2.38. The minimum atomic E-state index is -2.82. The Labute approximate surface area is 190 Å². The molecule has 0 saturated heterocycles. The van der Waals surface area contributed by atoms with E-state index in [0.29, 0.717) is 6.61 Å². The van der Waals surface area contributed by atoms with Gasteiger partial charge >= 0.3 is 0 Å². The summed E-state index contributed by atoms with van der Waals surface area (Å²) in [5, 5.41) is 0.313. The smallest absolute Gasteiger partial charge is 0.174 e. The fraction of sp³-hybridized carbons (Fsp3) is 0.538. The molecule has 2 aromatic carbocycles. The maximum atomic E-state index is 14.9. The minimum Gasteiger partial charge on any atom is -0.488 e. The average Bonchev–Trinajstić information content (AvgIpc) is 3.05. The summed E-state index contributed by atoms with van der Waals surface area (Å²) in [7, 11) is -3.71. The summed E-state index contributed by atoms with van der Waals surface area (Å²) >= 11 is 0. The van der Waals surface area contributed by atoms with Crippen molar-refractivity contribution >= 4 is 20.4 Å². The quantitative estimate of drug-likeness (QED) is 0.437. The van der Waals surface area contributed by atoms with Crippen molar-refractivity contribution in [2.24, 2.45) is 0 Å². The van der Waals surface area contributed by atoms with E-state index < -0.39 is 15.1 Å². The molecule has 2 atom stereocenters. The van der Waals surface area contributed by atoms with Gasteiger partial charge < -0.3 is 14.0 Å². The van der Waals surface area contributed by atoms with E-state index in [1.54, 1.807) is 0 Å². The molecule has 170 valence electrons. The highest BCUT2D eigenvalue weighted by molar-refractivity contribution is 7.84. The molecule has 1 aliphatic rings. The summed E-state index contributed by atoms with van der Waals surface area (Å²) in [5.41, 5.74) is 0.810. The molecule has 31 heavy (non-hydrogen) atoms. The number of benzene rings is 2. The summed E-state index contributed by atoms with van der Waals surface area (Å²) in [4.78, 5) is 0. The van der Waals surface area contributed by atoms with Gasteiger partial charge in [-0.3, -0.25) is 0 Å². The summed E-state index contributed by atoms with van der Waals surface area (Å²) in [6.07, 6.45) is 0. The van der Waals surface area contributed by atoms with Crippen LogP contribution in [0, 0.1) is 0 Å². The molecule has 3 rings (SSSR count). The number of fused-ring (bicyclic) bond motifs is 1. The second kappa shape index (κ2) is 8.24. The summed E-state index contributed by atoms with van der Waals surface area (Å²) < 4.78 is 27.9. The fourth-order valence-electron chi connectivity index (χ4n) is 4.54. The van der Waals surface area contributed by atoms with Gasteiger partial charge in [-0.05, 0) is 30.8 Å². The molecule has 0 spiro atoms. The zero-order valence-electron chi connectivity index (χ0n) is 20.5. The van der Waals surface area contributed by atoms with Crippen LogP contribution in [-0.2, 0) is 11.2 Å². The molecule has 0 saturated carbocycles. The van der Waals surface area contributed by atoms with E-state index in [2.05, 4.69) is 74.4 Å². The molecule has 0 amide bonds. The summed E-state index contributed by atoms with van der Waals surface area (Å²) in [6, 6.07) is 16.2. The van der Waals surface area contributed by atoms with Crippen molar-refractivity contribution in [1.29, 1.82) is 0 Å². The fourth-order valence-corrected chi connectivity index (χ4v) is 15.4. The van der Waals surface area contributed by atoms with Crippen LogP contribution < -0.4 is 14.8 Å². The van der Waals surface area contributed by atoms with Crippen molar-refractivity contribution in [3.05, 3.63) is 54.1 Å². The lowest BCUT2D eigenvalue weighted by atomic mass is 10.2. The van der Waals surface area contributed by atoms with Gasteiger partial charge in [0.05, 0.1) is 5.30 Å². The molecule has 0 radical (unpaired) electrons. The van der Waals surface area contributed by atoms with Gasteiger partial charge in [0, 0.05) is 10.3 Å². The van der Waals surface area contributed by atoms with Crippen molar-refractivity contribution in [3.63, 3.8) is 0 Å². The standard InChI is InChI=1S/C26H38O3P2/c1-24(2,3)30-22-20(28-18-19-14-11-10-12-15-19)16-13-17-21(22)29-23(30)31(27,25(4,5)6)26(7,8)9/h10-17,23H,18H2,1-9H3/t23?,30-/m0/s1. The number of hydrogen-bond donors (Lipinski definition) is 0. The molecule has 1 heterocycles. The SMILES string of the molecule is CC(C)(C)[P@@]1c2c(OCc3ccccc3)cccc2OC1P(=O)(C(C)(C)C)C(C)(C)C. The third kappa shape index (κ3) is 4.46. The molecular weight excluding hydrogens is 422 g/mol. The molecule has 0 aliphatic carbocycles. The molecule has 1 unspecified atom stereocenters. The van der Waals surface area contributed by atoms with E-state index in [0.717, 1.165) is 22.4 Å². The van der Waals surface area contributed by atoms with Gasteiger partial charge in [0.2, 0.25) is 0 Å². The van der Waals surface area contributed by atoms with Gasteiger partial charge in [0.1, 0.15) is 25.2 Å². The maximum Gasteiger partial charge on any atom is 0.174 e. The lowest BCUT2D eigenvalue weighted by Gasteiger charge is -2.47. The van der Waals surface area contributed by atoms with Crippen LogP contribution in [0.25, 0.3) is 0 Å². The zero-order chi connectivity index (χ0) is 23.2. The largest absolute Gasteiger partial charge is 0.488 e. The number of hydrogen-bond acceptors (Lipinski definition) is 3. The molecule has 2 aromatic rings. The van der Waals surface area contributed by atoms with Gasteiger partial charge in [0.25, 0.3) is 0 Å².